The topological polar surface area (TPSA) is 64.8 Å². The van der Waals surface area contributed by atoms with E-state index in [1.807, 2.05) is 0 Å². The first-order valence-corrected chi connectivity index (χ1v) is 5.39. The van der Waals surface area contributed by atoms with E-state index < -0.39 is 28.3 Å². The molecule has 0 radical (unpaired) electrons. The van der Waals surface area contributed by atoms with Crippen LogP contribution in [0.2, 0.25) is 0 Å². The zero-order valence-corrected chi connectivity index (χ0v) is 8.51. The zero-order chi connectivity index (χ0) is 11.6. The summed E-state index contributed by atoms with van der Waals surface area (Å²) in [6.45, 7) is 0.634. The van der Waals surface area contributed by atoms with E-state index >= 15 is 0 Å². The average molecular weight is 243 g/mol. The summed E-state index contributed by atoms with van der Waals surface area (Å²) in [6, 6.07) is 0. The quantitative estimate of drug-likeness (QED) is 0.732. The molecule has 0 bridgehead atoms. The number of hydrogen-bond acceptors (Lipinski definition) is 4. The van der Waals surface area contributed by atoms with Crippen LogP contribution in [-0.4, -0.2) is 29.6 Å². The van der Waals surface area contributed by atoms with E-state index in [9.17, 15) is 21.1 Å². The molecule has 0 aliphatic carbocycles. The Morgan fingerprint density at radius 1 is 1.40 bits per heavy atom. The van der Waals surface area contributed by atoms with Crippen molar-refractivity contribution in [1.82, 2.24) is 14.8 Å². The van der Waals surface area contributed by atoms with E-state index in [1.54, 1.807) is 6.92 Å². The van der Waals surface area contributed by atoms with Gasteiger partial charge in [-0.05, 0) is 0 Å². The maximum atomic E-state index is 12.6. The van der Waals surface area contributed by atoms with Gasteiger partial charge < -0.3 is 0 Å². The van der Waals surface area contributed by atoms with Crippen LogP contribution in [0.15, 0.2) is 5.16 Å². The number of hydrogen-bond donors (Lipinski definition) is 0. The summed E-state index contributed by atoms with van der Waals surface area (Å²) < 4.78 is 58.4. The third-order valence-corrected chi connectivity index (χ3v) is 2.39. The molecule has 0 N–H and O–H groups in total. The monoisotopic (exact) mass is 243 g/mol. The maximum Gasteiger partial charge on any atom is 0.368 e. The van der Waals surface area contributed by atoms with Crippen LogP contribution in [0, 0.1) is 0 Å². The molecule has 0 amide bonds. The third kappa shape index (κ3) is 2.67. The zero-order valence-electron chi connectivity index (χ0n) is 7.69. The summed E-state index contributed by atoms with van der Waals surface area (Å²) in [4.78, 5) is 0. The minimum absolute atomic E-state index is 0.00604. The summed E-state index contributed by atoms with van der Waals surface area (Å²) in [5.74, 6) is 0.00604. The summed E-state index contributed by atoms with van der Waals surface area (Å²) in [7, 11) is -5.11. The molecule has 0 fully saturated rings. The lowest BCUT2D eigenvalue weighted by Gasteiger charge is -2.05. The number of aryl methyl sites for hydroxylation is 1. The highest BCUT2D eigenvalue weighted by atomic mass is 32.3. The van der Waals surface area contributed by atoms with Crippen LogP contribution in [-0.2, 0) is 23.2 Å². The predicted octanol–water partition coefficient (Wildman–Crippen LogP) is 0.764. The van der Waals surface area contributed by atoms with Crippen LogP contribution in [0.5, 0.6) is 0 Å². The van der Waals surface area contributed by atoms with Gasteiger partial charge in [0.25, 0.3) is 11.6 Å². The molecule has 1 aromatic heterocycles. The van der Waals surface area contributed by atoms with E-state index in [0.717, 1.165) is 0 Å². The van der Waals surface area contributed by atoms with Crippen LogP contribution < -0.4 is 0 Å². The second kappa shape index (κ2) is 4.17. The highest BCUT2D eigenvalue weighted by molar-refractivity contribution is 7.86. The van der Waals surface area contributed by atoms with Crippen LogP contribution in [0.4, 0.5) is 12.7 Å². The van der Waals surface area contributed by atoms with Gasteiger partial charge >= 0.3 is 10.2 Å². The van der Waals surface area contributed by atoms with Crippen molar-refractivity contribution in [2.75, 3.05) is 0 Å². The summed E-state index contributed by atoms with van der Waals surface area (Å²) in [5.41, 5.74) is 0. The van der Waals surface area contributed by atoms with Gasteiger partial charge in [-0.3, -0.25) is 4.57 Å². The second-order valence-electron chi connectivity index (χ2n) is 2.69. The molecule has 1 heterocycles. The molecular weight excluding hydrogens is 235 g/mol. The van der Waals surface area contributed by atoms with E-state index in [0.29, 0.717) is 4.57 Å². The molecular formula is C6H8F3N3O2S. The van der Waals surface area contributed by atoms with Crippen molar-refractivity contribution in [3.05, 3.63) is 5.82 Å². The van der Waals surface area contributed by atoms with Gasteiger partial charge in [-0.1, -0.05) is 10.8 Å². The van der Waals surface area contributed by atoms with Gasteiger partial charge in [0.15, 0.2) is 0 Å². The van der Waals surface area contributed by atoms with E-state index in [4.69, 9.17) is 0 Å². The molecule has 0 aliphatic heterocycles. The van der Waals surface area contributed by atoms with Crippen molar-refractivity contribution in [3.63, 3.8) is 0 Å². The fourth-order valence-electron chi connectivity index (χ4n) is 1.08. The van der Waals surface area contributed by atoms with E-state index in [2.05, 4.69) is 10.2 Å². The largest absolute Gasteiger partial charge is 0.368 e. The molecule has 1 aromatic rings. The Morgan fingerprint density at radius 2 is 2.00 bits per heavy atom. The number of aromatic nitrogens is 3. The second-order valence-corrected chi connectivity index (χ2v) is 3.93. The van der Waals surface area contributed by atoms with Gasteiger partial charge in [-0.15, -0.1) is 10.2 Å². The molecule has 0 saturated heterocycles. The van der Waals surface area contributed by atoms with E-state index in [1.165, 1.54) is 0 Å². The smallest absolute Gasteiger partial charge is 0.294 e. The first-order valence-electron chi connectivity index (χ1n) is 4.01. The molecule has 0 atom stereocenters. The highest BCUT2D eigenvalue weighted by Crippen LogP contribution is 2.14. The lowest BCUT2D eigenvalue weighted by Crippen LogP contribution is -2.14. The SMILES string of the molecule is CCc1nnc(S(=O)(=O)F)n1CC(F)F. The van der Waals surface area contributed by atoms with Gasteiger partial charge in [0.2, 0.25) is 0 Å². The van der Waals surface area contributed by atoms with Crippen molar-refractivity contribution >= 4 is 10.2 Å². The first-order chi connectivity index (χ1) is 6.86. The number of halogens is 3. The highest BCUT2D eigenvalue weighted by Gasteiger charge is 2.25. The van der Waals surface area contributed by atoms with Gasteiger partial charge in [0.05, 0.1) is 6.54 Å². The standard InChI is InChI=1S/C6H8F3N3O2S/c1-2-5-10-11-6(15(9,13)14)12(5)3-4(7)8/h4H,2-3H2,1H3. The van der Waals surface area contributed by atoms with Gasteiger partial charge in [-0.2, -0.15) is 8.42 Å². The van der Waals surface area contributed by atoms with Crippen LogP contribution in [0.1, 0.15) is 12.7 Å². The van der Waals surface area contributed by atoms with Crippen molar-refractivity contribution in [3.8, 4) is 0 Å². The van der Waals surface area contributed by atoms with Crippen LogP contribution in [0.25, 0.3) is 0 Å². The molecule has 86 valence electrons. The van der Waals surface area contributed by atoms with Gasteiger partial charge in [-0.25, -0.2) is 8.78 Å². The fraction of sp³-hybridized carbons (Fsp3) is 0.667. The van der Waals surface area contributed by atoms with E-state index in [-0.39, 0.29) is 12.2 Å². The normalized spacial score (nSPS) is 12.3. The van der Waals surface area contributed by atoms with Crippen LogP contribution >= 0.6 is 0 Å². The minimum Gasteiger partial charge on any atom is -0.294 e. The Bertz CT molecular complexity index is 442. The number of alkyl halides is 2. The summed E-state index contributed by atoms with van der Waals surface area (Å²) >= 11 is 0. The number of rotatable bonds is 4. The van der Waals surface area contributed by atoms with Crippen molar-refractivity contribution in [1.29, 1.82) is 0 Å². The Hall–Kier alpha value is -1.12. The molecule has 0 aliphatic rings. The molecule has 0 saturated carbocycles. The number of nitrogens with zero attached hydrogens (tertiary/aromatic N) is 3. The molecule has 5 nitrogen and oxygen atoms in total. The van der Waals surface area contributed by atoms with Crippen molar-refractivity contribution in [2.24, 2.45) is 0 Å². The van der Waals surface area contributed by atoms with Crippen LogP contribution in [0.3, 0.4) is 0 Å². The minimum atomic E-state index is -5.11. The molecule has 0 unspecified atom stereocenters. The summed E-state index contributed by atoms with van der Waals surface area (Å²) in [6.07, 6.45) is -2.61. The Balaban J connectivity index is 3.24. The molecule has 15 heavy (non-hydrogen) atoms. The Morgan fingerprint density at radius 3 is 2.40 bits per heavy atom. The maximum absolute atomic E-state index is 12.6. The lowest BCUT2D eigenvalue weighted by atomic mass is 10.4. The Kier molecular flexibility index (Phi) is 3.32. The average Bonchev–Trinajstić information content (AvgIpc) is 2.45. The van der Waals surface area contributed by atoms with Gasteiger partial charge in [0, 0.05) is 6.42 Å². The van der Waals surface area contributed by atoms with Crippen molar-refractivity contribution in [2.45, 2.75) is 31.5 Å². The molecule has 9 heteroatoms. The fourth-order valence-corrected chi connectivity index (χ4v) is 1.66. The molecule has 1 rings (SSSR count). The van der Waals surface area contributed by atoms with Gasteiger partial charge in [0.1, 0.15) is 5.82 Å². The first kappa shape index (κ1) is 12.0. The Labute approximate surface area is 84.1 Å². The van der Waals surface area contributed by atoms with Crippen molar-refractivity contribution < 1.29 is 21.1 Å². The molecule has 0 aromatic carbocycles. The molecule has 0 spiro atoms. The predicted molar refractivity (Wildman–Crippen MR) is 43.7 cm³/mol. The third-order valence-electron chi connectivity index (χ3n) is 1.65. The summed E-state index contributed by atoms with van der Waals surface area (Å²) in [5, 5.41) is 5.27. The lowest BCUT2D eigenvalue weighted by molar-refractivity contribution is 0.121.